The summed E-state index contributed by atoms with van der Waals surface area (Å²) >= 11 is 0. The second-order valence-electron chi connectivity index (χ2n) is 4.83. The largest absolute Gasteiger partial charge is 0.494 e. The minimum atomic E-state index is -0.0901. The molecule has 108 valence electrons. The summed E-state index contributed by atoms with van der Waals surface area (Å²) in [5.41, 5.74) is 3.59. The number of methoxy groups -OCH3 is 1. The number of nitrogens with zero attached hydrogens (tertiary/aromatic N) is 3. The number of hydrogen-bond donors (Lipinski definition) is 1. The number of aromatic nitrogens is 3. The maximum absolute atomic E-state index is 9.41. The fourth-order valence-electron chi connectivity index (χ4n) is 2.21. The van der Waals surface area contributed by atoms with E-state index >= 15 is 0 Å². The van der Waals surface area contributed by atoms with Crippen molar-refractivity contribution in [3.63, 3.8) is 0 Å². The van der Waals surface area contributed by atoms with Crippen LogP contribution in [0.4, 0.5) is 0 Å². The first kappa shape index (κ1) is 14.5. The molecule has 1 aromatic heterocycles. The Morgan fingerprint density at radius 2 is 2.15 bits per heavy atom. The number of ether oxygens (including phenoxy) is 1. The van der Waals surface area contributed by atoms with E-state index in [4.69, 9.17) is 4.74 Å². The molecular weight excluding hydrogens is 254 g/mol. The second-order valence-corrected chi connectivity index (χ2v) is 4.83. The fourth-order valence-corrected chi connectivity index (χ4v) is 2.21. The van der Waals surface area contributed by atoms with Gasteiger partial charge in [-0.25, -0.2) is 4.68 Å². The molecule has 1 heterocycles. The summed E-state index contributed by atoms with van der Waals surface area (Å²) in [6.07, 6.45) is 2.96. The highest BCUT2D eigenvalue weighted by Crippen LogP contribution is 2.26. The summed E-state index contributed by atoms with van der Waals surface area (Å²) in [4.78, 5) is 0. The molecule has 0 fully saturated rings. The molecule has 0 bridgehead atoms. The van der Waals surface area contributed by atoms with E-state index in [9.17, 15) is 5.11 Å². The monoisotopic (exact) mass is 275 g/mol. The van der Waals surface area contributed by atoms with Crippen LogP contribution < -0.4 is 4.74 Å². The van der Waals surface area contributed by atoms with Crippen molar-refractivity contribution in [3.8, 4) is 11.4 Å². The predicted octanol–water partition coefficient (Wildman–Crippen LogP) is 2.42. The van der Waals surface area contributed by atoms with Gasteiger partial charge in [0, 0.05) is 0 Å². The molecule has 0 spiro atoms. The number of rotatable bonds is 6. The van der Waals surface area contributed by atoms with Crippen molar-refractivity contribution in [2.45, 2.75) is 39.7 Å². The van der Waals surface area contributed by atoms with E-state index in [-0.39, 0.29) is 6.61 Å². The van der Waals surface area contributed by atoms with Crippen molar-refractivity contribution >= 4 is 0 Å². The van der Waals surface area contributed by atoms with Crippen molar-refractivity contribution < 1.29 is 9.84 Å². The Kier molecular flexibility index (Phi) is 4.74. The van der Waals surface area contributed by atoms with E-state index in [1.165, 1.54) is 0 Å². The molecule has 5 heteroatoms. The van der Waals surface area contributed by atoms with Gasteiger partial charge in [-0.05, 0) is 37.5 Å². The number of hydrogen-bond acceptors (Lipinski definition) is 4. The number of aliphatic hydroxyl groups excluding tert-OH is 1. The summed E-state index contributed by atoms with van der Waals surface area (Å²) in [5, 5.41) is 17.7. The van der Waals surface area contributed by atoms with Crippen LogP contribution in [0.15, 0.2) is 18.2 Å². The molecule has 0 atom stereocenters. The number of aliphatic hydroxyl groups is 1. The summed E-state index contributed by atoms with van der Waals surface area (Å²) in [6.45, 7) is 4.08. The SMILES string of the molecule is CCCCc1c(CO)nnn1-c1cc(C)ccc1OC. The molecule has 1 N–H and O–H groups in total. The second kappa shape index (κ2) is 6.52. The molecule has 0 saturated carbocycles. The average molecular weight is 275 g/mol. The summed E-state index contributed by atoms with van der Waals surface area (Å²) in [5.74, 6) is 0.753. The molecule has 5 nitrogen and oxygen atoms in total. The summed E-state index contributed by atoms with van der Waals surface area (Å²) in [7, 11) is 1.64. The molecule has 2 rings (SSSR count). The zero-order valence-electron chi connectivity index (χ0n) is 12.3. The fraction of sp³-hybridized carbons (Fsp3) is 0.467. The maximum Gasteiger partial charge on any atom is 0.144 e. The third-order valence-corrected chi connectivity index (χ3v) is 3.32. The van der Waals surface area contributed by atoms with Gasteiger partial charge in [0.25, 0.3) is 0 Å². The van der Waals surface area contributed by atoms with Crippen molar-refractivity contribution in [1.82, 2.24) is 15.0 Å². The van der Waals surface area contributed by atoms with E-state index < -0.39 is 0 Å². The molecule has 0 saturated heterocycles. The minimum absolute atomic E-state index is 0.0901. The van der Waals surface area contributed by atoms with Crippen molar-refractivity contribution in [1.29, 1.82) is 0 Å². The van der Waals surface area contributed by atoms with Gasteiger partial charge < -0.3 is 9.84 Å². The molecule has 0 radical (unpaired) electrons. The van der Waals surface area contributed by atoms with Gasteiger partial charge in [-0.2, -0.15) is 0 Å². The van der Waals surface area contributed by atoms with Gasteiger partial charge in [-0.15, -0.1) is 5.10 Å². The molecule has 0 aliphatic carbocycles. The van der Waals surface area contributed by atoms with Crippen molar-refractivity contribution in [2.24, 2.45) is 0 Å². The van der Waals surface area contributed by atoms with Gasteiger partial charge in [0.2, 0.25) is 0 Å². The zero-order chi connectivity index (χ0) is 14.5. The smallest absolute Gasteiger partial charge is 0.144 e. The molecule has 0 aliphatic heterocycles. The van der Waals surface area contributed by atoms with E-state index in [0.29, 0.717) is 5.69 Å². The van der Waals surface area contributed by atoms with Crippen LogP contribution in [-0.2, 0) is 13.0 Å². The number of unbranched alkanes of at least 4 members (excludes halogenated alkanes) is 1. The van der Waals surface area contributed by atoms with Crippen LogP contribution in [-0.4, -0.2) is 27.2 Å². The first-order valence-electron chi connectivity index (χ1n) is 6.90. The van der Waals surface area contributed by atoms with Gasteiger partial charge in [0.05, 0.1) is 19.4 Å². The highest BCUT2D eigenvalue weighted by molar-refractivity contribution is 5.49. The summed E-state index contributed by atoms with van der Waals surface area (Å²) in [6, 6.07) is 5.94. The number of benzene rings is 1. The van der Waals surface area contributed by atoms with E-state index in [1.807, 2.05) is 25.1 Å². The Morgan fingerprint density at radius 1 is 1.35 bits per heavy atom. The van der Waals surface area contributed by atoms with Crippen LogP contribution in [0.3, 0.4) is 0 Å². The van der Waals surface area contributed by atoms with Crippen LogP contribution in [0, 0.1) is 6.92 Å². The Morgan fingerprint density at radius 3 is 2.80 bits per heavy atom. The van der Waals surface area contributed by atoms with Crippen LogP contribution >= 0.6 is 0 Å². The Labute approximate surface area is 119 Å². The van der Waals surface area contributed by atoms with Crippen molar-refractivity contribution in [3.05, 3.63) is 35.2 Å². The normalized spacial score (nSPS) is 10.8. The third-order valence-electron chi connectivity index (χ3n) is 3.32. The van der Waals surface area contributed by atoms with Gasteiger partial charge in [0.1, 0.15) is 17.1 Å². The van der Waals surface area contributed by atoms with E-state index in [1.54, 1.807) is 11.8 Å². The average Bonchev–Trinajstić information content (AvgIpc) is 2.87. The van der Waals surface area contributed by atoms with Gasteiger partial charge >= 0.3 is 0 Å². The molecule has 0 unspecified atom stereocenters. The quantitative estimate of drug-likeness (QED) is 0.879. The van der Waals surface area contributed by atoms with Crippen molar-refractivity contribution in [2.75, 3.05) is 7.11 Å². The molecule has 2 aromatic rings. The Balaban J connectivity index is 2.51. The van der Waals surface area contributed by atoms with E-state index in [0.717, 1.165) is 42.0 Å². The van der Waals surface area contributed by atoms with Crippen LogP contribution in [0.1, 0.15) is 36.7 Å². The topological polar surface area (TPSA) is 60.2 Å². The lowest BCUT2D eigenvalue weighted by Gasteiger charge is -2.12. The van der Waals surface area contributed by atoms with Crippen LogP contribution in [0.5, 0.6) is 5.75 Å². The molecule has 0 aliphatic rings. The van der Waals surface area contributed by atoms with Gasteiger partial charge in [-0.3, -0.25) is 0 Å². The van der Waals surface area contributed by atoms with Crippen LogP contribution in [0.2, 0.25) is 0 Å². The number of aryl methyl sites for hydroxylation is 1. The highest BCUT2D eigenvalue weighted by Gasteiger charge is 2.16. The van der Waals surface area contributed by atoms with E-state index in [2.05, 4.69) is 17.2 Å². The van der Waals surface area contributed by atoms with Crippen LogP contribution in [0.25, 0.3) is 5.69 Å². The summed E-state index contributed by atoms with van der Waals surface area (Å²) < 4.78 is 7.19. The standard InChI is InChI=1S/C15H21N3O2/c1-4-5-6-13-12(10-19)16-17-18(13)14-9-11(2)7-8-15(14)20-3/h7-9,19H,4-6,10H2,1-3H3. The first-order valence-corrected chi connectivity index (χ1v) is 6.90. The lowest BCUT2D eigenvalue weighted by Crippen LogP contribution is -2.06. The van der Waals surface area contributed by atoms with Gasteiger partial charge in [-0.1, -0.05) is 24.6 Å². The Hall–Kier alpha value is -1.88. The molecule has 1 aromatic carbocycles. The Bertz CT molecular complexity index is 578. The molecular formula is C15H21N3O2. The lowest BCUT2D eigenvalue weighted by molar-refractivity contribution is 0.275. The molecule has 0 amide bonds. The molecule has 20 heavy (non-hydrogen) atoms. The highest BCUT2D eigenvalue weighted by atomic mass is 16.5. The predicted molar refractivity (Wildman–Crippen MR) is 77.2 cm³/mol. The lowest BCUT2D eigenvalue weighted by atomic mass is 10.1. The van der Waals surface area contributed by atoms with Gasteiger partial charge in [0.15, 0.2) is 0 Å². The minimum Gasteiger partial charge on any atom is -0.494 e. The third kappa shape index (κ3) is 2.82. The first-order chi connectivity index (χ1) is 9.71. The zero-order valence-corrected chi connectivity index (χ0v) is 12.3. The maximum atomic E-state index is 9.41.